The van der Waals surface area contributed by atoms with E-state index in [0.717, 1.165) is 11.1 Å². The van der Waals surface area contributed by atoms with Crippen molar-refractivity contribution in [2.45, 2.75) is 13.0 Å². The van der Waals surface area contributed by atoms with Crippen molar-refractivity contribution in [2.24, 2.45) is 0 Å². The van der Waals surface area contributed by atoms with Crippen molar-refractivity contribution in [3.8, 4) is 11.5 Å². The highest BCUT2D eigenvalue weighted by Crippen LogP contribution is 2.40. The number of aliphatic hydroxyl groups is 1. The van der Waals surface area contributed by atoms with Gasteiger partial charge in [0.15, 0.2) is 11.5 Å². The number of ether oxygens (including phenoxy) is 2. The van der Waals surface area contributed by atoms with Gasteiger partial charge in [0.1, 0.15) is 5.76 Å². The maximum atomic E-state index is 12.5. The first-order valence-corrected chi connectivity index (χ1v) is 8.18. The number of ketones is 1. The zero-order valence-electron chi connectivity index (χ0n) is 14.4. The number of fused-ring (bicyclic) bond motifs is 1. The minimum atomic E-state index is -0.701. The van der Waals surface area contributed by atoms with Crippen LogP contribution in [-0.4, -0.2) is 35.5 Å². The molecule has 6 nitrogen and oxygen atoms in total. The summed E-state index contributed by atoms with van der Waals surface area (Å²) in [6, 6.07) is 11.8. The summed E-state index contributed by atoms with van der Waals surface area (Å²) in [5.41, 5.74) is 2.30. The summed E-state index contributed by atoms with van der Waals surface area (Å²) >= 11 is 0. The minimum Gasteiger partial charge on any atom is -0.507 e. The molecule has 26 heavy (non-hydrogen) atoms. The number of likely N-dealkylation sites (tertiary alicyclic amines) is 1. The van der Waals surface area contributed by atoms with Gasteiger partial charge in [0.05, 0.1) is 11.6 Å². The summed E-state index contributed by atoms with van der Waals surface area (Å²) in [4.78, 5) is 26.2. The summed E-state index contributed by atoms with van der Waals surface area (Å²) < 4.78 is 10.6. The third kappa shape index (κ3) is 2.42. The molecule has 132 valence electrons. The highest BCUT2D eigenvalue weighted by atomic mass is 16.7. The Hall–Kier alpha value is -3.28. The van der Waals surface area contributed by atoms with Crippen LogP contribution >= 0.6 is 0 Å². The van der Waals surface area contributed by atoms with Crippen LogP contribution in [0.4, 0.5) is 0 Å². The summed E-state index contributed by atoms with van der Waals surface area (Å²) in [5.74, 6) is -0.498. The van der Waals surface area contributed by atoms with E-state index in [1.807, 2.05) is 31.2 Å². The van der Waals surface area contributed by atoms with Crippen LogP contribution in [0.2, 0.25) is 0 Å². The maximum absolute atomic E-state index is 12.5. The molecule has 1 fully saturated rings. The molecule has 1 N–H and O–H groups in total. The van der Waals surface area contributed by atoms with Crippen molar-refractivity contribution >= 4 is 17.4 Å². The van der Waals surface area contributed by atoms with E-state index in [-0.39, 0.29) is 18.1 Å². The molecule has 0 aliphatic carbocycles. The summed E-state index contributed by atoms with van der Waals surface area (Å²) in [6.07, 6.45) is 0. The summed E-state index contributed by atoms with van der Waals surface area (Å²) in [7, 11) is 1.56. The third-order valence-electron chi connectivity index (χ3n) is 4.71. The predicted molar refractivity (Wildman–Crippen MR) is 93.8 cm³/mol. The average Bonchev–Trinajstić information content (AvgIpc) is 3.20. The molecule has 1 atom stereocenters. The van der Waals surface area contributed by atoms with Gasteiger partial charge in [0, 0.05) is 12.6 Å². The molecule has 0 aromatic heterocycles. The van der Waals surface area contributed by atoms with Gasteiger partial charge in [-0.1, -0.05) is 29.8 Å². The number of amides is 1. The molecule has 6 heteroatoms. The lowest BCUT2D eigenvalue weighted by molar-refractivity contribution is -0.139. The first kappa shape index (κ1) is 16.2. The van der Waals surface area contributed by atoms with Crippen LogP contribution in [0.1, 0.15) is 22.7 Å². The van der Waals surface area contributed by atoms with Gasteiger partial charge in [-0.3, -0.25) is 9.59 Å². The maximum Gasteiger partial charge on any atom is 0.295 e. The van der Waals surface area contributed by atoms with E-state index in [1.165, 1.54) is 4.90 Å². The number of carbonyl (C=O) groups excluding carboxylic acids is 2. The van der Waals surface area contributed by atoms with Crippen molar-refractivity contribution in [3.05, 3.63) is 64.7 Å². The van der Waals surface area contributed by atoms with Gasteiger partial charge in [-0.25, -0.2) is 0 Å². The highest BCUT2D eigenvalue weighted by Gasteiger charge is 2.44. The molecule has 2 aromatic carbocycles. The molecular formula is C20H17NO5. The van der Waals surface area contributed by atoms with E-state index in [1.54, 1.807) is 25.2 Å². The second kappa shape index (κ2) is 5.91. The van der Waals surface area contributed by atoms with E-state index < -0.39 is 17.7 Å². The molecule has 1 amide bonds. The van der Waals surface area contributed by atoms with E-state index >= 15 is 0 Å². The largest absolute Gasteiger partial charge is 0.507 e. The molecule has 0 saturated carbocycles. The van der Waals surface area contributed by atoms with Gasteiger partial charge in [0.2, 0.25) is 6.79 Å². The number of nitrogens with zero attached hydrogens (tertiary/aromatic N) is 1. The smallest absolute Gasteiger partial charge is 0.295 e. The van der Waals surface area contributed by atoms with E-state index in [9.17, 15) is 14.7 Å². The summed E-state index contributed by atoms with van der Waals surface area (Å²) in [5, 5.41) is 10.8. The number of hydrogen-bond donors (Lipinski definition) is 1. The Morgan fingerprint density at radius 1 is 1.08 bits per heavy atom. The Morgan fingerprint density at radius 2 is 1.77 bits per heavy atom. The second-order valence-corrected chi connectivity index (χ2v) is 6.39. The Balaban J connectivity index is 1.85. The fourth-order valence-corrected chi connectivity index (χ4v) is 3.29. The zero-order valence-corrected chi connectivity index (χ0v) is 14.4. The van der Waals surface area contributed by atoms with E-state index in [2.05, 4.69) is 0 Å². The molecule has 1 unspecified atom stereocenters. The Kier molecular flexibility index (Phi) is 3.68. The Labute approximate surface area is 150 Å². The molecule has 0 bridgehead atoms. The fourth-order valence-electron chi connectivity index (χ4n) is 3.29. The monoisotopic (exact) mass is 351 g/mol. The number of rotatable bonds is 2. The number of benzene rings is 2. The SMILES string of the molecule is Cc1ccc(C2/C(=C(\O)c3ccc4c(c3)OCO4)C(=O)C(=O)N2C)cc1. The van der Waals surface area contributed by atoms with Crippen LogP contribution in [-0.2, 0) is 9.59 Å². The molecule has 2 aliphatic heterocycles. The Morgan fingerprint density at radius 3 is 2.50 bits per heavy atom. The first-order valence-electron chi connectivity index (χ1n) is 8.18. The molecule has 2 heterocycles. The number of aryl methyl sites for hydroxylation is 1. The predicted octanol–water partition coefficient (Wildman–Crippen LogP) is 2.78. The average molecular weight is 351 g/mol. The van der Waals surface area contributed by atoms with Gasteiger partial charge >= 0.3 is 0 Å². The normalized spacial score (nSPS) is 20.7. The number of Topliss-reactive ketones (excluding diaryl/α,β-unsaturated/α-hetero) is 1. The number of aliphatic hydroxyl groups excluding tert-OH is 1. The van der Waals surface area contributed by atoms with Crippen LogP contribution in [0.15, 0.2) is 48.0 Å². The number of likely N-dealkylation sites (N-methyl/N-ethyl adjacent to an activating group) is 1. The lowest BCUT2D eigenvalue weighted by Crippen LogP contribution is -2.24. The van der Waals surface area contributed by atoms with Crippen LogP contribution in [0, 0.1) is 6.92 Å². The van der Waals surface area contributed by atoms with Gasteiger partial charge in [-0.05, 0) is 30.7 Å². The third-order valence-corrected chi connectivity index (χ3v) is 4.71. The zero-order chi connectivity index (χ0) is 18.4. The van der Waals surface area contributed by atoms with Crippen LogP contribution in [0.25, 0.3) is 5.76 Å². The van der Waals surface area contributed by atoms with Crippen LogP contribution in [0.3, 0.4) is 0 Å². The molecule has 1 saturated heterocycles. The number of hydrogen-bond acceptors (Lipinski definition) is 5. The molecular weight excluding hydrogens is 334 g/mol. The van der Waals surface area contributed by atoms with Gasteiger partial charge in [-0.2, -0.15) is 0 Å². The molecule has 2 aliphatic rings. The van der Waals surface area contributed by atoms with E-state index in [0.29, 0.717) is 17.1 Å². The molecule has 0 spiro atoms. The van der Waals surface area contributed by atoms with E-state index in [4.69, 9.17) is 9.47 Å². The fraction of sp³-hybridized carbons (Fsp3) is 0.200. The van der Waals surface area contributed by atoms with Crippen molar-refractivity contribution in [2.75, 3.05) is 13.8 Å². The molecule has 2 aromatic rings. The summed E-state index contributed by atoms with van der Waals surface area (Å²) in [6.45, 7) is 2.07. The highest BCUT2D eigenvalue weighted by molar-refractivity contribution is 6.46. The van der Waals surface area contributed by atoms with Crippen molar-refractivity contribution < 1.29 is 24.2 Å². The first-order chi connectivity index (χ1) is 12.5. The standard InChI is InChI=1S/C20H17NO5/c1-11-3-5-12(6-4-11)17-16(19(23)20(24)21(17)2)18(22)13-7-8-14-15(9-13)26-10-25-14/h3-9,17,22H,10H2,1-2H3/b18-16+. The van der Waals surface area contributed by atoms with Crippen molar-refractivity contribution in [1.82, 2.24) is 4.90 Å². The minimum absolute atomic E-state index is 0.0696. The quantitative estimate of drug-likeness (QED) is 0.511. The molecule has 4 rings (SSSR count). The lowest BCUT2D eigenvalue weighted by atomic mass is 9.95. The number of carbonyl (C=O) groups is 2. The van der Waals surface area contributed by atoms with Crippen molar-refractivity contribution in [3.63, 3.8) is 0 Å². The van der Waals surface area contributed by atoms with Crippen LogP contribution in [0.5, 0.6) is 11.5 Å². The van der Waals surface area contributed by atoms with Gasteiger partial charge < -0.3 is 19.5 Å². The van der Waals surface area contributed by atoms with Crippen molar-refractivity contribution in [1.29, 1.82) is 0 Å². The van der Waals surface area contributed by atoms with Crippen LogP contribution < -0.4 is 9.47 Å². The second-order valence-electron chi connectivity index (χ2n) is 6.39. The van der Waals surface area contributed by atoms with Gasteiger partial charge in [-0.15, -0.1) is 0 Å². The molecule has 0 radical (unpaired) electrons. The lowest BCUT2D eigenvalue weighted by Gasteiger charge is -2.21. The van der Waals surface area contributed by atoms with Gasteiger partial charge in [0.25, 0.3) is 11.7 Å². The topological polar surface area (TPSA) is 76.1 Å². The Bertz CT molecular complexity index is 945.